The average molecular weight is 71.1 g/mol. The van der Waals surface area contributed by atoms with E-state index in [1.54, 1.807) is 0 Å². The fraction of sp³-hybridized carbons (Fsp3) is 0.750. The van der Waals surface area contributed by atoms with Crippen LogP contribution < -0.4 is 0 Å². The molecular formula is C4H7O-. The zero-order chi connectivity index (χ0) is 3.86. The molecule has 30 valence electrons. The summed E-state index contributed by atoms with van der Waals surface area (Å²) >= 11 is 0. The summed E-state index contributed by atoms with van der Waals surface area (Å²) in [5.74, 6) is 0. The lowest BCUT2D eigenvalue weighted by atomic mass is 10.4. The van der Waals surface area contributed by atoms with Gasteiger partial charge in [-0.2, -0.15) is 13.0 Å². The normalized spacial score (nSPS) is 38.4. The second kappa shape index (κ2) is 0.716. The van der Waals surface area contributed by atoms with Gasteiger partial charge in [0.05, 0.1) is 0 Å². The molecule has 0 saturated carbocycles. The van der Waals surface area contributed by atoms with Crippen molar-refractivity contribution < 1.29 is 4.74 Å². The monoisotopic (exact) mass is 71.1 g/mol. The number of hydrogen-bond acceptors (Lipinski definition) is 1. The van der Waals surface area contributed by atoms with Crippen LogP contribution in [0.15, 0.2) is 0 Å². The fourth-order valence-electron chi connectivity index (χ4n) is 0.245. The summed E-state index contributed by atoms with van der Waals surface area (Å²) in [5, 5.41) is 0. The molecule has 1 heterocycles. The van der Waals surface area contributed by atoms with E-state index in [9.17, 15) is 0 Å². The van der Waals surface area contributed by atoms with Crippen LogP contribution in [0.25, 0.3) is 0 Å². The minimum absolute atomic E-state index is 0.468. The molecule has 1 nitrogen and oxygen atoms in total. The van der Waals surface area contributed by atoms with E-state index >= 15 is 0 Å². The molecule has 0 aromatic rings. The molecule has 0 aliphatic carbocycles. The van der Waals surface area contributed by atoms with Crippen molar-refractivity contribution in [2.45, 2.75) is 20.0 Å². The summed E-state index contributed by atoms with van der Waals surface area (Å²) < 4.78 is 4.83. The zero-order valence-electron chi connectivity index (χ0n) is 3.49. The summed E-state index contributed by atoms with van der Waals surface area (Å²) in [6, 6.07) is 0. The van der Waals surface area contributed by atoms with Crippen LogP contribution in [0, 0.1) is 6.10 Å². The molecule has 0 bridgehead atoms. The van der Waals surface area contributed by atoms with Crippen molar-refractivity contribution in [1.29, 1.82) is 0 Å². The first kappa shape index (κ1) is 3.16. The van der Waals surface area contributed by atoms with Gasteiger partial charge < -0.3 is 4.74 Å². The lowest BCUT2D eigenvalue weighted by Crippen LogP contribution is -1.65. The van der Waals surface area contributed by atoms with Crippen LogP contribution in [-0.4, -0.2) is 6.10 Å². The number of rotatable bonds is 0. The van der Waals surface area contributed by atoms with Crippen molar-refractivity contribution in [3.05, 3.63) is 6.10 Å². The molecule has 1 saturated heterocycles. The summed E-state index contributed by atoms with van der Waals surface area (Å²) in [4.78, 5) is 0. The van der Waals surface area contributed by atoms with Gasteiger partial charge in [-0.3, -0.25) is 0 Å². The van der Waals surface area contributed by atoms with E-state index in [0.717, 1.165) is 0 Å². The first-order chi connectivity index (χ1) is 2.30. The van der Waals surface area contributed by atoms with Crippen LogP contribution in [0.5, 0.6) is 0 Å². The summed E-state index contributed by atoms with van der Waals surface area (Å²) in [5.41, 5.74) is 0. The van der Waals surface area contributed by atoms with Crippen LogP contribution in [0.2, 0.25) is 0 Å². The third-order valence-corrected chi connectivity index (χ3v) is 0.878. The Hall–Kier alpha value is -0.0400. The Balaban J connectivity index is 2.20. The second-order valence-electron chi connectivity index (χ2n) is 1.37. The highest BCUT2D eigenvalue weighted by molar-refractivity contribution is 4.94. The highest BCUT2D eigenvalue weighted by Gasteiger charge is 2.08. The Morgan fingerprint density at radius 2 is 2.00 bits per heavy atom. The Morgan fingerprint density at radius 3 is 2.00 bits per heavy atom. The molecule has 1 aliphatic rings. The molecule has 0 spiro atoms. The molecule has 0 amide bonds. The lowest BCUT2D eigenvalue weighted by molar-refractivity contribution is 0.424. The third-order valence-electron chi connectivity index (χ3n) is 0.878. The maximum atomic E-state index is 4.83. The molecule has 1 unspecified atom stereocenters. The molecule has 1 rings (SSSR count). The molecule has 1 atom stereocenters. The highest BCUT2D eigenvalue weighted by atomic mass is 16.6. The largest absolute Gasteiger partial charge is 0.567 e. The Labute approximate surface area is 31.9 Å². The molecule has 1 fully saturated rings. The maximum absolute atomic E-state index is 4.83. The number of hydrogen-bond donors (Lipinski definition) is 0. The number of epoxide rings is 1. The molecule has 0 N–H and O–H groups in total. The number of ether oxygens (including phenoxy) is 1. The summed E-state index contributed by atoms with van der Waals surface area (Å²) in [6.07, 6.45) is 1.64. The van der Waals surface area contributed by atoms with Crippen LogP contribution in [0.1, 0.15) is 13.8 Å². The van der Waals surface area contributed by atoms with Crippen LogP contribution in [0.3, 0.4) is 0 Å². The molecule has 5 heavy (non-hydrogen) atoms. The van der Waals surface area contributed by atoms with Crippen molar-refractivity contribution >= 4 is 0 Å². The molecule has 1 aliphatic heterocycles. The Kier molecular flexibility index (Phi) is 0.453. The van der Waals surface area contributed by atoms with E-state index in [1.165, 1.54) is 6.10 Å². The van der Waals surface area contributed by atoms with Crippen molar-refractivity contribution in [2.24, 2.45) is 0 Å². The van der Waals surface area contributed by atoms with E-state index in [4.69, 9.17) is 4.74 Å². The van der Waals surface area contributed by atoms with Crippen LogP contribution in [-0.2, 0) is 4.74 Å². The average Bonchev–Trinajstić information content (AvgIpc) is 1.79. The molecule has 0 radical (unpaired) electrons. The summed E-state index contributed by atoms with van der Waals surface area (Å²) in [6.45, 7) is 4.03. The minimum Gasteiger partial charge on any atom is -0.567 e. The van der Waals surface area contributed by atoms with Crippen molar-refractivity contribution in [3.8, 4) is 0 Å². The second-order valence-corrected chi connectivity index (χ2v) is 1.37. The smallest absolute Gasteiger partial charge is 0.0685 e. The maximum Gasteiger partial charge on any atom is -0.0685 e. The van der Waals surface area contributed by atoms with Gasteiger partial charge in [0.25, 0.3) is 0 Å². The Morgan fingerprint density at radius 1 is 1.80 bits per heavy atom. The predicted molar refractivity (Wildman–Crippen MR) is 19.5 cm³/mol. The summed E-state index contributed by atoms with van der Waals surface area (Å²) in [7, 11) is 0. The van der Waals surface area contributed by atoms with Gasteiger partial charge in [-0.1, -0.05) is 13.0 Å². The molecule has 0 aromatic heterocycles. The van der Waals surface area contributed by atoms with Gasteiger partial charge in [-0.15, -0.1) is 0 Å². The van der Waals surface area contributed by atoms with E-state index in [2.05, 4.69) is 0 Å². The van der Waals surface area contributed by atoms with E-state index < -0.39 is 0 Å². The first-order valence-electron chi connectivity index (χ1n) is 1.81. The van der Waals surface area contributed by atoms with Crippen molar-refractivity contribution in [3.63, 3.8) is 0 Å². The van der Waals surface area contributed by atoms with Crippen LogP contribution in [0.4, 0.5) is 0 Å². The van der Waals surface area contributed by atoms with Crippen LogP contribution >= 0.6 is 0 Å². The van der Waals surface area contributed by atoms with Crippen molar-refractivity contribution in [2.75, 3.05) is 0 Å². The van der Waals surface area contributed by atoms with Gasteiger partial charge >= 0.3 is 0 Å². The quantitative estimate of drug-likeness (QED) is 0.306. The topological polar surface area (TPSA) is 12.5 Å². The van der Waals surface area contributed by atoms with Gasteiger partial charge in [0.1, 0.15) is 0 Å². The van der Waals surface area contributed by atoms with Gasteiger partial charge in [0, 0.05) is 0 Å². The van der Waals surface area contributed by atoms with E-state index in [-0.39, 0.29) is 0 Å². The van der Waals surface area contributed by atoms with Gasteiger partial charge in [0.15, 0.2) is 0 Å². The standard InChI is InChI=1S/C4H7O/c1-3-4(2)5-3/h3H,1-2H3/q-1. The highest BCUT2D eigenvalue weighted by Crippen LogP contribution is 2.27. The van der Waals surface area contributed by atoms with Gasteiger partial charge in [-0.05, 0) is 0 Å². The fourth-order valence-corrected chi connectivity index (χ4v) is 0.245. The predicted octanol–water partition coefficient (Wildman–Crippen LogP) is 0.957. The third kappa shape index (κ3) is 0.428. The minimum atomic E-state index is 0.468. The lowest BCUT2D eigenvalue weighted by Gasteiger charge is -1.75. The van der Waals surface area contributed by atoms with Crippen molar-refractivity contribution in [1.82, 2.24) is 0 Å². The van der Waals surface area contributed by atoms with Gasteiger partial charge in [0.2, 0.25) is 0 Å². The Bertz CT molecular complexity index is 36.9. The first-order valence-corrected chi connectivity index (χ1v) is 1.81. The van der Waals surface area contributed by atoms with Gasteiger partial charge in [-0.25, -0.2) is 0 Å². The molecule has 0 aromatic carbocycles. The van der Waals surface area contributed by atoms with E-state index in [1.807, 2.05) is 13.8 Å². The van der Waals surface area contributed by atoms with E-state index in [0.29, 0.717) is 6.10 Å². The SMILES string of the molecule is C[C-]1OC1C. The molecular weight excluding hydrogens is 64.0 g/mol. The zero-order valence-corrected chi connectivity index (χ0v) is 3.49. The molecule has 1 heteroatoms.